The lowest BCUT2D eigenvalue weighted by Gasteiger charge is -1.89. The van der Waals surface area contributed by atoms with Crippen molar-refractivity contribution in [1.29, 1.82) is 0 Å². The average molecular weight is 122 g/mol. The zero-order valence-corrected chi connectivity index (χ0v) is 4.35. The molecular formula is CH6N4OS. The van der Waals surface area contributed by atoms with E-state index in [2.05, 4.69) is 22.3 Å². The molecule has 0 saturated heterocycles. The Morgan fingerprint density at radius 1 is 1.71 bits per heavy atom. The molecule has 0 aliphatic carbocycles. The topological polar surface area (TPSA) is 85.7 Å². The van der Waals surface area contributed by atoms with Crippen molar-refractivity contribution in [3.05, 3.63) is 0 Å². The van der Waals surface area contributed by atoms with Gasteiger partial charge in [-0.1, -0.05) is 0 Å². The molecule has 7 heavy (non-hydrogen) atoms. The van der Waals surface area contributed by atoms with Crippen molar-refractivity contribution >= 4 is 18.9 Å². The van der Waals surface area contributed by atoms with Gasteiger partial charge in [-0.05, 0) is 0 Å². The molecule has 0 heterocycles. The number of nitrogens with one attached hydrogen (secondary N) is 1. The van der Waals surface area contributed by atoms with Gasteiger partial charge in [0.1, 0.15) is 0 Å². The van der Waals surface area contributed by atoms with E-state index in [4.69, 9.17) is 11.5 Å². The van der Waals surface area contributed by atoms with Crippen molar-refractivity contribution in [2.45, 2.75) is 0 Å². The molecule has 6 heteroatoms. The average Bonchev–Trinajstić information content (AvgIpc) is 1.61. The van der Waals surface area contributed by atoms with Crippen LogP contribution in [0.3, 0.4) is 0 Å². The van der Waals surface area contributed by atoms with Crippen LogP contribution in [0.2, 0.25) is 0 Å². The molecular weight excluding hydrogens is 116 g/mol. The van der Waals surface area contributed by atoms with Crippen molar-refractivity contribution < 1.29 is 4.28 Å². The third-order valence-corrected chi connectivity index (χ3v) is 0.297. The van der Waals surface area contributed by atoms with Crippen molar-refractivity contribution in [3.8, 4) is 0 Å². The van der Waals surface area contributed by atoms with E-state index < -0.39 is 0 Å². The first kappa shape index (κ1) is 6.38. The first-order chi connectivity index (χ1) is 3.27. The van der Waals surface area contributed by atoms with Crippen molar-refractivity contribution in [1.82, 2.24) is 5.59 Å². The summed E-state index contributed by atoms with van der Waals surface area (Å²) in [6.07, 6.45) is 0. The summed E-state index contributed by atoms with van der Waals surface area (Å²) in [6.45, 7) is 0. The summed E-state index contributed by atoms with van der Waals surface area (Å²) >= 11 is 3.27. The van der Waals surface area contributed by atoms with E-state index in [0.29, 0.717) is 0 Å². The molecule has 0 atom stereocenters. The fraction of sp³-hybridized carbons (Fsp3) is 0. The maximum Gasteiger partial charge on any atom is 0.210 e. The lowest BCUT2D eigenvalue weighted by atomic mass is 11.1. The molecule has 0 aliphatic heterocycles. The lowest BCUT2D eigenvalue weighted by Crippen LogP contribution is -2.25. The van der Waals surface area contributed by atoms with Gasteiger partial charge in [-0.15, -0.1) is 5.10 Å². The lowest BCUT2D eigenvalue weighted by molar-refractivity contribution is 0.251. The molecule has 0 radical (unpaired) electrons. The molecule has 0 rings (SSSR count). The summed E-state index contributed by atoms with van der Waals surface area (Å²) in [6, 6.07) is 0. The largest absolute Gasteiger partial charge is 0.369 e. The standard InChI is InChI=1S/CH6N4OS/c2-1(3)4-5-6-7/h5,7H,(H4,2,3,4). The second-order valence-electron chi connectivity index (χ2n) is 0.719. The van der Waals surface area contributed by atoms with Crippen LogP contribution in [0.15, 0.2) is 5.10 Å². The highest BCUT2D eigenvalue weighted by atomic mass is 32.1. The normalized spacial score (nSPS) is 7.57. The van der Waals surface area contributed by atoms with Gasteiger partial charge in [0.15, 0.2) is 0 Å². The molecule has 0 saturated carbocycles. The summed E-state index contributed by atoms with van der Waals surface area (Å²) in [5, 5.41) is 3.17. The number of guanidine groups is 1. The van der Waals surface area contributed by atoms with Gasteiger partial charge in [-0.25, -0.2) is 0 Å². The third kappa shape index (κ3) is 5.38. The fourth-order valence-electron chi connectivity index (χ4n) is 0.0731. The number of hydrogen-bond donors (Lipinski definition) is 4. The molecule has 5 nitrogen and oxygen atoms in total. The molecule has 0 fully saturated rings. The van der Waals surface area contributed by atoms with Crippen LogP contribution in [0.25, 0.3) is 0 Å². The molecule has 0 aromatic carbocycles. The summed E-state index contributed by atoms with van der Waals surface area (Å²) < 4.78 is 3.95. The molecule has 0 spiro atoms. The number of nitrogens with zero attached hydrogens (tertiary/aromatic N) is 1. The first-order valence-corrected chi connectivity index (χ1v) is 1.78. The second kappa shape index (κ2) is 3.57. The number of hydrazone groups is 1. The van der Waals surface area contributed by atoms with Gasteiger partial charge in [0.05, 0.1) is 0 Å². The van der Waals surface area contributed by atoms with E-state index >= 15 is 0 Å². The van der Waals surface area contributed by atoms with Crippen LogP contribution in [0, 0.1) is 0 Å². The van der Waals surface area contributed by atoms with Gasteiger partial charge in [-0.2, -0.15) is 9.87 Å². The van der Waals surface area contributed by atoms with Crippen molar-refractivity contribution in [2.24, 2.45) is 16.6 Å². The quantitative estimate of drug-likeness (QED) is 0.118. The Labute approximate surface area is 46.3 Å². The Balaban J connectivity index is 3.08. The molecule has 0 aromatic rings. The molecule has 0 bridgehead atoms. The monoisotopic (exact) mass is 122 g/mol. The Morgan fingerprint density at radius 2 is 2.29 bits per heavy atom. The molecule has 5 N–H and O–H groups in total. The molecule has 0 amide bonds. The maximum absolute atomic E-state index is 4.83. The summed E-state index contributed by atoms with van der Waals surface area (Å²) in [4.78, 5) is 0. The molecule has 0 aliphatic rings. The van der Waals surface area contributed by atoms with Crippen LogP contribution in [0.1, 0.15) is 0 Å². The van der Waals surface area contributed by atoms with Crippen LogP contribution in [0.4, 0.5) is 0 Å². The zero-order chi connectivity index (χ0) is 5.70. The maximum atomic E-state index is 4.83. The van der Waals surface area contributed by atoms with Gasteiger partial charge < -0.3 is 11.5 Å². The van der Waals surface area contributed by atoms with E-state index in [9.17, 15) is 0 Å². The zero-order valence-electron chi connectivity index (χ0n) is 3.46. The van der Waals surface area contributed by atoms with Crippen LogP contribution in [-0.4, -0.2) is 5.96 Å². The number of hydrogen-bond acceptors (Lipinski definition) is 4. The minimum absolute atomic E-state index is 0.103. The van der Waals surface area contributed by atoms with Crippen molar-refractivity contribution in [2.75, 3.05) is 0 Å². The summed E-state index contributed by atoms with van der Waals surface area (Å²) in [7, 11) is 0. The molecule has 0 unspecified atom stereocenters. The van der Waals surface area contributed by atoms with Gasteiger partial charge in [-0.3, -0.25) is 0 Å². The highest BCUT2D eigenvalue weighted by Gasteiger charge is 1.71. The Kier molecular flexibility index (Phi) is 3.25. The minimum atomic E-state index is -0.103. The highest BCUT2D eigenvalue weighted by molar-refractivity contribution is 7.75. The Morgan fingerprint density at radius 3 is 2.43 bits per heavy atom. The second-order valence-corrected chi connectivity index (χ2v) is 0.902. The Hall–Kier alpha value is -0.620. The van der Waals surface area contributed by atoms with Gasteiger partial charge in [0, 0.05) is 12.9 Å². The van der Waals surface area contributed by atoms with Gasteiger partial charge in [0.2, 0.25) is 5.96 Å². The van der Waals surface area contributed by atoms with Crippen LogP contribution in [0.5, 0.6) is 0 Å². The number of thiol groups is 1. The van der Waals surface area contributed by atoms with E-state index in [0.717, 1.165) is 0 Å². The molecule has 42 valence electrons. The minimum Gasteiger partial charge on any atom is -0.369 e. The number of rotatable bonds is 2. The first-order valence-electron chi connectivity index (χ1n) is 1.41. The predicted octanol–water partition coefficient (Wildman–Crippen LogP) is -1.46. The van der Waals surface area contributed by atoms with Gasteiger partial charge in [0.25, 0.3) is 0 Å². The smallest absolute Gasteiger partial charge is 0.210 e. The van der Waals surface area contributed by atoms with Crippen LogP contribution >= 0.6 is 12.9 Å². The summed E-state index contributed by atoms with van der Waals surface area (Å²) in [5.41, 5.74) is 11.6. The Bertz CT molecular complexity index is 68.1. The SMILES string of the molecule is NC(N)=NNOS. The van der Waals surface area contributed by atoms with Gasteiger partial charge >= 0.3 is 0 Å². The molecule has 0 aromatic heterocycles. The van der Waals surface area contributed by atoms with E-state index in [1.807, 2.05) is 5.59 Å². The van der Waals surface area contributed by atoms with Crippen LogP contribution in [-0.2, 0) is 4.28 Å². The van der Waals surface area contributed by atoms with E-state index in [1.54, 1.807) is 0 Å². The highest BCUT2D eigenvalue weighted by Crippen LogP contribution is 1.65. The van der Waals surface area contributed by atoms with Crippen LogP contribution < -0.4 is 17.1 Å². The van der Waals surface area contributed by atoms with Crippen molar-refractivity contribution in [3.63, 3.8) is 0 Å². The fourth-order valence-corrected chi connectivity index (χ4v) is 0.114. The van der Waals surface area contributed by atoms with E-state index in [1.165, 1.54) is 0 Å². The summed E-state index contributed by atoms with van der Waals surface area (Å²) in [5.74, 6) is -0.103. The number of nitrogens with two attached hydrogens (primary N) is 2. The predicted molar refractivity (Wildman–Crippen MR) is 29.0 cm³/mol. The van der Waals surface area contributed by atoms with E-state index in [-0.39, 0.29) is 5.96 Å². The third-order valence-electron chi connectivity index (χ3n) is 0.216.